The van der Waals surface area contributed by atoms with E-state index in [-0.39, 0.29) is 0 Å². The second kappa shape index (κ2) is 7.57. The molecule has 2 saturated heterocycles. The van der Waals surface area contributed by atoms with Crippen molar-refractivity contribution < 1.29 is 4.79 Å². The molecule has 0 radical (unpaired) electrons. The van der Waals surface area contributed by atoms with E-state index in [1.54, 1.807) is 0 Å². The highest BCUT2D eigenvalue weighted by atomic mass is 32.1. The van der Waals surface area contributed by atoms with E-state index in [9.17, 15) is 4.79 Å². The molecule has 1 aromatic heterocycles. The zero-order valence-corrected chi connectivity index (χ0v) is 14.3. The van der Waals surface area contributed by atoms with Gasteiger partial charge in [0.15, 0.2) is 0 Å². The Bertz CT molecular complexity index is 496. The molecule has 1 unspecified atom stereocenters. The molecule has 3 rings (SSSR count). The highest BCUT2D eigenvalue weighted by Crippen LogP contribution is 2.20. The summed E-state index contributed by atoms with van der Waals surface area (Å²) in [5.74, 6) is 0.306. The number of nitrogens with one attached hydrogen (secondary N) is 1. The van der Waals surface area contributed by atoms with Gasteiger partial charge in [-0.25, -0.2) is 0 Å². The van der Waals surface area contributed by atoms with Gasteiger partial charge in [-0.05, 0) is 49.4 Å². The van der Waals surface area contributed by atoms with Crippen LogP contribution in [0.4, 0.5) is 0 Å². The smallest absolute Gasteiger partial charge is 0.224 e. The van der Waals surface area contributed by atoms with E-state index in [2.05, 4.69) is 28.6 Å². The van der Waals surface area contributed by atoms with Gasteiger partial charge >= 0.3 is 0 Å². The van der Waals surface area contributed by atoms with Crippen molar-refractivity contribution in [2.45, 2.75) is 51.7 Å². The molecule has 122 valence electrons. The molecule has 1 N–H and O–H groups in total. The normalized spacial score (nSPS) is 22.9. The van der Waals surface area contributed by atoms with Gasteiger partial charge in [0, 0.05) is 43.5 Å². The number of carbonyl (C=O) groups is 1. The van der Waals surface area contributed by atoms with Gasteiger partial charge in [-0.15, -0.1) is 11.3 Å². The quantitative estimate of drug-likeness (QED) is 0.838. The fourth-order valence-corrected chi connectivity index (χ4v) is 4.27. The number of thiophene rings is 1. The Balaban J connectivity index is 1.44. The lowest BCUT2D eigenvalue weighted by Gasteiger charge is -2.15. The second-order valence-corrected chi connectivity index (χ2v) is 7.52. The van der Waals surface area contributed by atoms with Gasteiger partial charge in [0.25, 0.3) is 0 Å². The number of nitrogens with zero attached hydrogens (tertiary/aromatic N) is 2. The van der Waals surface area contributed by atoms with Crippen LogP contribution in [0, 0.1) is 0 Å². The topological polar surface area (TPSA) is 35.6 Å². The molecule has 0 aliphatic carbocycles. The van der Waals surface area contributed by atoms with Crippen molar-refractivity contribution in [2.75, 3.05) is 26.2 Å². The van der Waals surface area contributed by atoms with E-state index < -0.39 is 0 Å². The standard InChI is InChI=1S/C17H27N3OS/c1-2-5-20-12-15(9-17(20)21)18-10-16-8-14(13-22-16)11-19-6-3-4-7-19/h8,13,15,18H,2-7,9-12H2,1H3. The van der Waals surface area contributed by atoms with Crippen molar-refractivity contribution >= 4 is 17.2 Å². The molecular weight excluding hydrogens is 294 g/mol. The molecule has 4 nitrogen and oxygen atoms in total. The van der Waals surface area contributed by atoms with Crippen molar-refractivity contribution in [2.24, 2.45) is 0 Å². The van der Waals surface area contributed by atoms with Gasteiger partial charge in [0.2, 0.25) is 5.91 Å². The van der Waals surface area contributed by atoms with Gasteiger partial charge in [-0.1, -0.05) is 6.92 Å². The van der Waals surface area contributed by atoms with Crippen LogP contribution in [0.25, 0.3) is 0 Å². The van der Waals surface area contributed by atoms with Crippen molar-refractivity contribution in [1.29, 1.82) is 0 Å². The third kappa shape index (κ3) is 4.09. The molecule has 2 aliphatic rings. The lowest BCUT2D eigenvalue weighted by atomic mass is 10.2. The lowest BCUT2D eigenvalue weighted by molar-refractivity contribution is -0.127. The largest absolute Gasteiger partial charge is 0.341 e. The Kier molecular flexibility index (Phi) is 5.50. The fourth-order valence-electron chi connectivity index (χ4n) is 3.44. The number of hydrogen-bond donors (Lipinski definition) is 1. The van der Waals surface area contributed by atoms with Crippen molar-refractivity contribution in [3.05, 3.63) is 21.9 Å². The molecule has 3 heterocycles. The van der Waals surface area contributed by atoms with Crippen molar-refractivity contribution in [1.82, 2.24) is 15.1 Å². The molecule has 1 amide bonds. The number of hydrogen-bond acceptors (Lipinski definition) is 4. The third-order valence-corrected chi connectivity index (χ3v) is 5.57. The second-order valence-electron chi connectivity index (χ2n) is 6.53. The summed E-state index contributed by atoms with van der Waals surface area (Å²) in [4.78, 5) is 17.8. The van der Waals surface area contributed by atoms with Crippen LogP contribution in [0.3, 0.4) is 0 Å². The van der Waals surface area contributed by atoms with Crippen LogP contribution < -0.4 is 5.32 Å². The molecule has 0 saturated carbocycles. The first-order chi connectivity index (χ1) is 10.7. The van der Waals surface area contributed by atoms with Gasteiger partial charge in [-0.2, -0.15) is 0 Å². The molecule has 0 bridgehead atoms. The number of carbonyl (C=O) groups excluding carboxylic acids is 1. The molecule has 0 aromatic carbocycles. The third-order valence-electron chi connectivity index (χ3n) is 4.59. The van der Waals surface area contributed by atoms with E-state index in [0.717, 1.165) is 32.6 Å². The predicted octanol–water partition coefficient (Wildman–Crippen LogP) is 2.44. The SMILES string of the molecule is CCCN1CC(NCc2cc(CN3CCCC3)cs2)CC1=O. The highest BCUT2D eigenvalue weighted by Gasteiger charge is 2.28. The molecule has 22 heavy (non-hydrogen) atoms. The Morgan fingerprint density at radius 3 is 2.95 bits per heavy atom. The summed E-state index contributed by atoms with van der Waals surface area (Å²) in [7, 11) is 0. The maximum atomic E-state index is 11.9. The number of rotatable bonds is 7. The minimum atomic E-state index is 0.306. The average molecular weight is 321 g/mol. The Hall–Kier alpha value is -0.910. The fraction of sp³-hybridized carbons (Fsp3) is 0.706. The summed E-state index contributed by atoms with van der Waals surface area (Å²) in [5, 5.41) is 5.85. The zero-order valence-electron chi connectivity index (χ0n) is 13.5. The molecule has 2 fully saturated rings. The van der Waals surface area contributed by atoms with Gasteiger partial charge in [0.05, 0.1) is 0 Å². The zero-order chi connectivity index (χ0) is 15.4. The summed E-state index contributed by atoms with van der Waals surface area (Å²) in [6.07, 6.45) is 4.40. The summed E-state index contributed by atoms with van der Waals surface area (Å²) in [6, 6.07) is 2.65. The van der Waals surface area contributed by atoms with Gasteiger partial charge in [0.1, 0.15) is 0 Å². The summed E-state index contributed by atoms with van der Waals surface area (Å²) >= 11 is 1.84. The van der Waals surface area contributed by atoms with Crippen LogP contribution >= 0.6 is 11.3 Å². The Morgan fingerprint density at radius 2 is 2.18 bits per heavy atom. The van der Waals surface area contributed by atoms with E-state index in [1.807, 2.05) is 16.2 Å². The minimum Gasteiger partial charge on any atom is -0.341 e. The number of likely N-dealkylation sites (tertiary alicyclic amines) is 2. The van der Waals surface area contributed by atoms with Crippen LogP contribution in [-0.2, 0) is 17.9 Å². The van der Waals surface area contributed by atoms with Crippen LogP contribution in [0.1, 0.15) is 43.0 Å². The summed E-state index contributed by atoms with van der Waals surface area (Å²) in [5.41, 5.74) is 1.44. The summed E-state index contributed by atoms with van der Waals surface area (Å²) < 4.78 is 0. The van der Waals surface area contributed by atoms with Crippen LogP contribution in [0.2, 0.25) is 0 Å². The molecule has 5 heteroatoms. The molecule has 2 aliphatic heterocycles. The summed E-state index contributed by atoms with van der Waals surface area (Å²) in [6.45, 7) is 8.39. The lowest BCUT2D eigenvalue weighted by Crippen LogP contribution is -2.32. The Morgan fingerprint density at radius 1 is 1.36 bits per heavy atom. The van der Waals surface area contributed by atoms with E-state index in [1.165, 1.54) is 36.4 Å². The minimum absolute atomic E-state index is 0.306. The average Bonchev–Trinajstić information content (AvgIpc) is 3.21. The van der Waals surface area contributed by atoms with E-state index in [4.69, 9.17) is 0 Å². The van der Waals surface area contributed by atoms with Gasteiger partial charge in [-0.3, -0.25) is 9.69 Å². The molecular formula is C17H27N3OS. The van der Waals surface area contributed by atoms with Gasteiger partial charge < -0.3 is 10.2 Å². The molecule has 1 aromatic rings. The van der Waals surface area contributed by atoms with Crippen molar-refractivity contribution in [3.63, 3.8) is 0 Å². The monoisotopic (exact) mass is 321 g/mol. The maximum Gasteiger partial charge on any atom is 0.224 e. The first-order valence-corrected chi connectivity index (χ1v) is 9.42. The molecule has 0 spiro atoms. The number of amides is 1. The first kappa shape index (κ1) is 16.0. The first-order valence-electron chi connectivity index (χ1n) is 8.54. The van der Waals surface area contributed by atoms with Crippen LogP contribution in [0.15, 0.2) is 11.4 Å². The maximum absolute atomic E-state index is 11.9. The van der Waals surface area contributed by atoms with E-state index >= 15 is 0 Å². The van der Waals surface area contributed by atoms with Crippen molar-refractivity contribution in [3.8, 4) is 0 Å². The van der Waals surface area contributed by atoms with E-state index in [0.29, 0.717) is 18.4 Å². The highest BCUT2D eigenvalue weighted by molar-refractivity contribution is 7.10. The van der Waals surface area contributed by atoms with Crippen LogP contribution in [-0.4, -0.2) is 47.9 Å². The molecule has 1 atom stereocenters. The predicted molar refractivity (Wildman–Crippen MR) is 90.9 cm³/mol. The van der Waals surface area contributed by atoms with Crippen LogP contribution in [0.5, 0.6) is 0 Å². The Labute approximate surface area is 137 Å².